The van der Waals surface area contributed by atoms with Gasteiger partial charge in [0.05, 0.1) is 19.3 Å². The molecule has 0 aromatic heterocycles. The van der Waals surface area contributed by atoms with Crippen molar-refractivity contribution in [3.8, 4) is 5.75 Å². The number of likely N-dealkylation sites (N-methyl/N-ethyl adjacent to an activating group) is 1. The summed E-state index contributed by atoms with van der Waals surface area (Å²) in [5, 5.41) is 10.3. The Morgan fingerprint density at radius 2 is 1.86 bits per heavy atom. The fourth-order valence-corrected chi connectivity index (χ4v) is 2.47. The summed E-state index contributed by atoms with van der Waals surface area (Å²) in [7, 11) is 3.59. The standard InChI is InChI=1S/C17H22N2O2/c1-19(14-9-6-10-15(11-14)21-2)17(16(20)12-18)13-7-4-3-5-8-13/h3-11,16-17,20H,12,18H2,1-2H3. The van der Waals surface area contributed by atoms with Crippen molar-refractivity contribution in [2.45, 2.75) is 12.1 Å². The maximum atomic E-state index is 10.3. The SMILES string of the molecule is COc1cccc(N(C)C(c2ccccc2)C(O)CN)c1. The van der Waals surface area contributed by atoms with Crippen LogP contribution in [0, 0.1) is 0 Å². The lowest BCUT2D eigenvalue weighted by Gasteiger charge is -2.33. The van der Waals surface area contributed by atoms with Crippen LogP contribution in [0.3, 0.4) is 0 Å². The van der Waals surface area contributed by atoms with E-state index >= 15 is 0 Å². The second kappa shape index (κ2) is 7.11. The Labute approximate surface area is 125 Å². The van der Waals surface area contributed by atoms with Crippen molar-refractivity contribution in [2.24, 2.45) is 5.73 Å². The Kier molecular flexibility index (Phi) is 5.20. The van der Waals surface area contributed by atoms with Crippen LogP contribution in [-0.2, 0) is 0 Å². The minimum Gasteiger partial charge on any atom is -0.497 e. The average Bonchev–Trinajstić information content (AvgIpc) is 2.55. The van der Waals surface area contributed by atoms with Gasteiger partial charge in [-0.2, -0.15) is 0 Å². The number of hydrogen-bond acceptors (Lipinski definition) is 4. The third-order valence-corrected chi connectivity index (χ3v) is 3.62. The first-order valence-corrected chi connectivity index (χ1v) is 6.97. The highest BCUT2D eigenvalue weighted by Crippen LogP contribution is 2.30. The van der Waals surface area contributed by atoms with Gasteiger partial charge in [-0.05, 0) is 17.7 Å². The van der Waals surface area contributed by atoms with E-state index in [1.165, 1.54) is 0 Å². The predicted octanol–water partition coefficient (Wildman–Crippen LogP) is 2.19. The van der Waals surface area contributed by atoms with Crippen LogP contribution in [0.5, 0.6) is 5.75 Å². The van der Waals surface area contributed by atoms with Crippen molar-refractivity contribution < 1.29 is 9.84 Å². The van der Waals surface area contributed by atoms with E-state index in [1.54, 1.807) is 7.11 Å². The Morgan fingerprint density at radius 1 is 1.14 bits per heavy atom. The molecule has 2 rings (SSSR count). The number of anilines is 1. The molecule has 0 amide bonds. The molecule has 4 nitrogen and oxygen atoms in total. The van der Waals surface area contributed by atoms with E-state index in [2.05, 4.69) is 0 Å². The Balaban J connectivity index is 2.36. The van der Waals surface area contributed by atoms with Gasteiger partial charge in [0.2, 0.25) is 0 Å². The van der Waals surface area contributed by atoms with Gasteiger partial charge in [-0.1, -0.05) is 36.4 Å². The maximum absolute atomic E-state index is 10.3. The van der Waals surface area contributed by atoms with Crippen molar-refractivity contribution in [1.82, 2.24) is 0 Å². The lowest BCUT2D eigenvalue weighted by molar-refractivity contribution is 0.150. The number of aliphatic hydroxyl groups is 1. The summed E-state index contributed by atoms with van der Waals surface area (Å²) in [4.78, 5) is 2.02. The fraction of sp³-hybridized carbons (Fsp3) is 0.294. The largest absolute Gasteiger partial charge is 0.497 e. The zero-order chi connectivity index (χ0) is 15.2. The topological polar surface area (TPSA) is 58.7 Å². The summed E-state index contributed by atoms with van der Waals surface area (Å²) >= 11 is 0. The van der Waals surface area contributed by atoms with Crippen molar-refractivity contribution in [1.29, 1.82) is 0 Å². The second-order valence-corrected chi connectivity index (χ2v) is 4.97. The normalized spacial score (nSPS) is 13.5. The van der Waals surface area contributed by atoms with Crippen LogP contribution >= 0.6 is 0 Å². The van der Waals surface area contributed by atoms with Crippen molar-refractivity contribution >= 4 is 5.69 Å². The van der Waals surface area contributed by atoms with Crippen molar-refractivity contribution in [3.63, 3.8) is 0 Å². The highest BCUT2D eigenvalue weighted by Gasteiger charge is 2.24. The van der Waals surface area contributed by atoms with E-state index in [0.717, 1.165) is 17.0 Å². The van der Waals surface area contributed by atoms with Gasteiger partial charge in [0.15, 0.2) is 0 Å². The molecule has 2 aromatic rings. The number of nitrogens with two attached hydrogens (primary N) is 1. The molecule has 2 aromatic carbocycles. The first kappa shape index (κ1) is 15.4. The van der Waals surface area contributed by atoms with Crippen LogP contribution in [0.4, 0.5) is 5.69 Å². The third-order valence-electron chi connectivity index (χ3n) is 3.62. The fourth-order valence-electron chi connectivity index (χ4n) is 2.47. The third kappa shape index (κ3) is 3.54. The van der Waals surface area contributed by atoms with Gasteiger partial charge < -0.3 is 20.5 Å². The van der Waals surface area contributed by atoms with E-state index in [1.807, 2.05) is 66.5 Å². The molecule has 0 heterocycles. The van der Waals surface area contributed by atoms with Crippen molar-refractivity contribution in [2.75, 3.05) is 25.6 Å². The Bertz CT molecular complexity index is 560. The van der Waals surface area contributed by atoms with Gasteiger partial charge in [-0.3, -0.25) is 0 Å². The van der Waals surface area contributed by atoms with Crippen LogP contribution in [0.2, 0.25) is 0 Å². The summed E-state index contributed by atoms with van der Waals surface area (Å²) in [5.41, 5.74) is 7.68. The Hall–Kier alpha value is -2.04. The molecular weight excluding hydrogens is 264 g/mol. The molecule has 3 N–H and O–H groups in total. The minimum atomic E-state index is -0.649. The smallest absolute Gasteiger partial charge is 0.120 e. The summed E-state index contributed by atoms with van der Waals surface area (Å²) in [6, 6.07) is 17.4. The highest BCUT2D eigenvalue weighted by molar-refractivity contribution is 5.52. The summed E-state index contributed by atoms with van der Waals surface area (Å²) in [6.45, 7) is 0.202. The number of benzene rings is 2. The average molecular weight is 286 g/mol. The van der Waals surface area contributed by atoms with Crippen LogP contribution in [0.1, 0.15) is 11.6 Å². The van der Waals surface area contributed by atoms with Gasteiger partial charge in [0.1, 0.15) is 5.75 Å². The Morgan fingerprint density at radius 3 is 2.48 bits per heavy atom. The molecule has 0 bridgehead atoms. The molecule has 21 heavy (non-hydrogen) atoms. The molecule has 0 aliphatic heterocycles. The monoisotopic (exact) mass is 286 g/mol. The van der Waals surface area contributed by atoms with E-state index in [9.17, 15) is 5.11 Å². The van der Waals surface area contributed by atoms with Gasteiger partial charge >= 0.3 is 0 Å². The molecule has 2 atom stereocenters. The molecular formula is C17H22N2O2. The number of rotatable bonds is 6. The molecule has 0 aliphatic rings. The van der Waals surface area contributed by atoms with E-state index in [-0.39, 0.29) is 12.6 Å². The molecule has 0 radical (unpaired) electrons. The zero-order valence-electron chi connectivity index (χ0n) is 12.4. The zero-order valence-corrected chi connectivity index (χ0v) is 12.4. The molecule has 112 valence electrons. The van der Waals surface area contributed by atoms with Crippen molar-refractivity contribution in [3.05, 3.63) is 60.2 Å². The lowest BCUT2D eigenvalue weighted by Crippen LogP contribution is -2.38. The molecule has 2 unspecified atom stereocenters. The van der Waals surface area contributed by atoms with Crippen LogP contribution in [-0.4, -0.2) is 31.9 Å². The molecule has 0 spiro atoms. The molecule has 0 saturated heterocycles. The highest BCUT2D eigenvalue weighted by atomic mass is 16.5. The molecule has 4 heteroatoms. The molecule has 0 fully saturated rings. The lowest BCUT2D eigenvalue weighted by atomic mass is 9.99. The number of aliphatic hydroxyl groups excluding tert-OH is 1. The number of ether oxygens (including phenoxy) is 1. The van der Waals surface area contributed by atoms with Crippen LogP contribution < -0.4 is 15.4 Å². The number of hydrogen-bond donors (Lipinski definition) is 2. The number of nitrogens with zero attached hydrogens (tertiary/aromatic N) is 1. The summed E-state index contributed by atoms with van der Waals surface area (Å²) in [5.74, 6) is 0.786. The second-order valence-electron chi connectivity index (χ2n) is 4.97. The molecule has 0 aliphatic carbocycles. The summed E-state index contributed by atoms with van der Waals surface area (Å²) < 4.78 is 5.26. The summed E-state index contributed by atoms with van der Waals surface area (Å²) in [6.07, 6.45) is -0.649. The predicted molar refractivity (Wildman–Crippen MR) is 85.6 cm³/mol. The van der Waals surface area contributed by atoms with Crippen LogP contribution in [0.15, 0.2) is 54.6 Å². The van der Waals surface area contributed by atoms with E-state index in [0.29, 0.717) is 0 Å². The van der Waals surface area contributed by atoms with E-state index < -0.39 is 6.10 Å². The molecule has 0 saturated carbocycles. The van der Waals surface area contributed by atoms with E-state index in [4.69, 9.17) is 10.5 Å². The quantitative estimate of drug-likeness (QED) is 0.854. The van der Waals surface area contributed by atoms with Gasteiger partial charge in [0, 0.05) is 25.3 Å². The first-order chi connectivity index (χ1) is 10.2. The van der Waals surface area contributed by atoms with Gasteiger partial charge in [-0.15, -0.1) is 0 Å². The maximum Gasteiger partial charge on any atom is 0.120 e. The first-order valence-electron chi connectivity index (χ1n) is 6.97. The van der Waals surface area contributed by atoms with Gasteiger partial charge in [0.25, 0.3) is 0 Å². The minimum absolute atomic E-state index is 0.202. The number of methoxy groups -OCH3 is 1. The van der Waals surface area contributed by atoms with Crippen LogP contribution in [0.25, 0.3) is 0 Å². The van der Waals surface area contributed by atoms with Gasteiger partial charge in [-0.25, -0.2) is 0 Å².